The van der Waals surface area contributed by atoms with Crippen molar-refractivity contribution in [1.82, 2.24) is 20.4 Å². The van der Waals surface area contributed by atoms with Gasteiger partial charge in [-0.05, 0) is 43.1 Å². The first-order valence-electron chi connectivity index (χ1n) is 10.7. The van der Waals surface area contributed by atoms with Crippen LogP contribution in [-0.4, -0.2) is 48.3 Å². The highest BCUT2D eigenvalue weighted by Crippen LogP contribution is 2.33. The van der Waals surface area contributed by atoms with Gasteiger partial charge in [-0.1, -0.05) is 17.3 Å². The molecule has 1 atom stereocenters. The van der Waals surface area contributed by atoms with Gasteiger partial charge in [-0.2, -0.15) is 0 Å². The second-order valence-electron chi connectivity index (χ2n) is 7.88. The smallest absolute Gasteiger partial charge is 0.290 e. The van der Waals surface area contributed by atoms with Crippen LogP contribution in [0.4, 0.5) is 0 Å². The van der Waals surface area contributed by atoms with Crippen LogP contribution in [0.25, 0.3) is 0 Å². The number of rotatable bonds is 8. The zero-order valence-corrected chi connectivity index (χ0v) is 18.4. The van der Waals surface area contributed by atoms with Crippen LogP contribution in [0, 0.1) is 0 Å². The third kappa shape index (κ3) is 5.08. The molecule has 1 aliphatic rings. The SMILES string of the molecule is COc1cccc(CN2CCC[C@H](c3cc(C(=O)NCc4ccncc4)on3)C2)c1OC. The molecule has 8 heteroatoms. The Morgan fingerprint density at radius 2 is 2.06 bits per heavy atom. The zero-order chi connectivity index (χ0) is 22.3. The Morgan fingerprint density at radius 1 is 1.22 bits per heavy atom. The number of nitrogens with one attached hydrogen (secondary N) is 1. The van der Waals surface area contributed by atoms with Gasteiger partial charge in [0.25, 0.3) is 5.91 Å². The van der Waals surface area contributed by atoms with Crippen LogP contribution < -0.4 is 14.8 Å². The fourth-order valence-corrected chi connectivity index (χ4v) is 4.12. The maximum absolute atomic E-state index is 12.5. The summed E-state index contributed by atoms with van der Waals surface area (Å²) in [6.45, 7) is 3.00. The van der Waals surface area contributed by atoms with Gasteiger partial charge in [-0.3, -0.25) is 14.7 Å². The summed E-state index contributed by atoms with van der Waals surface area (Å²) < 4.78 is 16.4. The van der Waals surface area contributed by atoms with Gasteiger partial charge in [-0.15, -0.1) is 0 Å². The second kappa shape index (κ2) is 10.3. The van der Waals surface area contributed by atoms with Gasteiger partial charge < -0.3 is 19.3 Å². The lowest BCUT2D eigenvalue weighted by atomic mass is 9.94. The fourth-order valence-electron chi connectivity index (χ4n) is 4.12. The number of aromatic nitrogens is 2. The van der Waals surface area contributed by atoms with E-state index in [4.69, 9.17) is 14.0 Å². The number of carbonyl (C=O) groups excluding carboxylic acids is 1. The van der Waals surface area contributed by atoms with E-state index in [-0.39, 0.29) is 17.6 Å². The second-order valence-corrected chi connectivity index (χ2v) is 7.88. The predicted octanol–water partition coefficient (Wildman–Crippen LogP) is 3.40. The Hall–Kier alpha value is -3.39. The first-order valence-corrected chi connectivity index (χ1v) is 10.7. The summed E-state index contributed by atoms with van der Waals surface area (Å²) in [6.07, 6.45) is 5.46. The molecule has 1 saturated heterocycles. The summed E-state index contributed by atoms with van der Waals surface area (Å²) in [4.78, 5) is 18.8. The Bertz CT molecular complexity index is 1040. The van der Waals surface area contributed by atoms with Crippen molar-refractivity contribution in [1.29, 1.82) is 0 Å². The highest BCUT2D eigenvalue weighted by molar-refractivity contribution is 5.91. The largest absolute Gasteiger partial charge is 0.493 e. The maximum atomic E-state index is 12.5. The van der Waals surface area contributed by atoms with Crippen LogP contribution in [0.3, 0.4) is 0 Å². The molecular formula is C24H28N4O4. The number of carbonyl (C=O) groups is 1. The summed E-state index contributed by atoms with van der Waals surface area (Å²) in [5.41, 5.74) is 2.88. The topological polar surface area (TPSA) is 89.7 Å². The first-order chi connectivity index (χ1) is 15.7. The number of para-hydroxylation sites is 1. The molecular weight excluding hydrogens is 408 g/mol. The third-order valence-electron chi connectivity index (χ3n) is 5.76. The van der Waals surface area contributed by atoms with E-state index in [2.05, 4.69) is 26.4 Å². The highest BCUT2D eigenvalue weighted by Gasteiger charge is 2.26. The van der Waals surface area contributed by atoms with Crippen LogP contribution in [0.5, 0.6) is 11.5 Å². The lowest BCUT2D eigenvalue weighted by Gasteiger charge is -2.32. The molecule has 3 aromatic rings. The van der Waals surface area contributed by atoms with E-state index in [1.807, 2.05) is 24.3 Å². The molecule has 1 N–H and O–H groups in total. The van der Waals surface area contributed by atoms with Gasteiger partial charge in [-0.25, -0.2) is 0 Å². The molecule has 1 fully saturated rings. The number of benzene rings is 1. The van der Waals surface area contributed by atoms with E-state index in [0.717, 1.165) is 60.8 Å². The molecule has 32 heavy (non-hydrogen) atoms. The summed E-state index contributed by atoms with van der Waals surface area (Å²) in [7, 11) is 3.31. The Kier molecular flexibility index (Phi) is 7.01. The van der Waals surface area contributed by atoms with Crippen LogP contribution in [-0.2, 0) is 13.1 Å². The van der Waals surface area contributed by atoms with Crippen LogP contribution in [0.2, 0.25) is 0 Å². The predicted molar refractivity (Wildman–Crippen MR) is 119 cm³/mol. The summed E-state index contributed by atoms with van der Waals surface area (Å²) in [5, 5.41) is 7.06. The van der Waals surface area contributed by atoms with Crippen LogP contribution in [0.1, 0.15) is 46.1 Å². The number of methoxy groups -OCH3 is 2. The monoisotopic (exact) mass is 436 g/mol. The fraction of sp³-hybridized carbons (Fsp3) is 0.375. The average Bonchev–Trinajstić information content (AvgIpc) is 3.34. The van der Waals surface area contributed by atoms with Gasteiger partial charge in [0.05, 0.1) is 19.9 Å². The maximum Gasteiger partial charge on any atom is 0.290 e. The minimum Gasteiger partial charge on any atom is -0.493 e. The van der Waals surface area contributed by atoms with Crippen LogP contribution in [0.15, 0.2) is 53.3 Å². The lowest BCUT2D eigenvalue weighted by molar-refractivity contribution is 0.0913. The molecule has 1 amide bonds. The van der Waals surface area contributed by atoms with Gasteiger partial charge in [0.15, 0.2) is 11.5 Å². The Balaban J connectivity index is 1.38. The Labute approximate surface area is 187 Å². The minimum absolute atomic E-state index is 0.214. The van der Waals surface area contributed by atoms with Crippen molar-refractivity contribution in [2.24, 2.45) is 0 Å². The van der Waals surface area contributed by atoms with E-state index in [9.17, 15) is 4.79 Å². The first kappa shape index (κ1) is 21.8. The minimum atomic E-state index is -0.269. The molecule has 3 heterocycles. The van der Waals surface area contributed by atoms with E-state index in [0.29, 0.717) is 6.54 Å². The summed E-state index contributed by atoms with van der Waals surface area (Å²) in [5.74, 6) is 1.69. The van der Waals surface area contributed by atoms with E-state index >= 15 is 0 Å². The Morgan fingerprint density at radius 3 is 2.84 bits per heavy atom. The quantitative estimate of drug-likeness (QED) is 0.579. The molecule has 8 nitrogen and oxygen atoms in total. The molecule has 168 valence electrons. The normalized spacial score (nSPS) is 16.5. The molecule has 0 spiro atoms. The van der Waals surface area contributed by atoms with Crippen molar-refractivity contribution < 1.29 is 18.8 Å². The molecule has 0 radical (unpaired) electrons. The molecule has 1 aromatic carbocycles. The number of nitrogens with zero attached hydrogens (tertiary/aromatic N) is 3. The summed E-state index contributed by atoms with van der Waals surface area (Å²) in [6, 6.07) is 11.4. The zero-order valence-electron chi connectivity index (χ0n) is 18.4. The van der Waals surface area contributed by atoms with Gasteiger partial charge in [0.2, 0.25) is 5.76 Å². The average molecular weight is 437 g/mol. The molecule has 0 aliphatic carbocycles. The van der Waals surface area contributed by atoms with E-state index < -0.39 is 0 Å². The number of ether oxygens (including phenoxy) is 2. The van der Waals surface area contributed by atoms with Crippen LogP contribution >= 0.6 is 0 Å². The number of hydrogen-bond donors (Lipinski definition) is 1. The van der Waals surface area contributed by atoms with Crippen molar-refractivity contribution in [3.05, 3.63) is 71.4 Å². The van der Waals surface area contributed by atoms with E-state index in [1.54, 1.807) is 32.7 Å². The van der Waals surface area contributed by atoms with Crippen molar-refractivity contribution in [3.63, 3.8) is 0 Å². The lowest BCUT2D eigenvalue weighted by Crippen LogP contribution is -2.34. The molecule has 0 saturated carbocycles. The number of hydrogen-bond acceptors (Lipinski definition) is 7. The number of likely N-dealkylation sites (tertiary alicyclic amines) is 1. The van der Waals surface area contributed by atoms with Crippen molar-refractivity contribution in [2.45, 2.75) is 31.8 Å². The van der Waals surface area contributed by atoms with Crippen molar-refractivity contribution in [3.8, 4) is 11.5 Å². The number of piperidine rings is 1. The van der Waals surface area contributed by atoms with Gasteiger partial charge in [0, 0.05) is 49.6 Å². The third-order valence-corrected chi connectivity index (χ3v) is 5.76. The summed E-state index contributed by atoms with van der Waals surface area (Å²) >= 11 is 0. The molecule has 2 aromatic heterocycles. The van der Waals surface area contributed by atoms with Crippen molar-refractivity contribution >= 4 is 5.91 Å². The number of pyridine rings is 1. The molecule has 4 rings (SSSR count). The van der Waals surface area contributed by atoms with Gasteiger partial charge in [0.1, 0.15) is 0 Å². The van der Waals surface area contributed by atoms with Gasteiger partial charge >= 0.3 is 0 Å². The van der Waals surface area contributed by atoms with Crippen molar-refractivity contribution in [2.75, 3.05) is 27.3 Å². The molecule has 1 aliphatic heterocycles. The number of amides is 1. The standard InChI is InChI=1S/C24H28N4O4/c1-30-21-7-3-5-19(23(21)31-2)16-28-12-4-6-18(15-28)20-13-22(32-27-20)24(29)26-14-17-8-10-25-11-9-17/h3,5,7-11,13,18H,4,6,12,14-16H2,1-2H3,(H,26,29)/t18-/m0/s1. The molecule has 0 bridgehead atoms. The van der Waals surface area contributed by atoms with E-state index in [1.165, 1.54) is 0 Å². The highest BCUT2D eigenvalue weighted by atomic mass is 16.5. The molecule has 0 unspecified atom stereocenters.